The molecule has 3 aromatic heterocycles. The van der Waals surface area contributed by atoms with Gasteiger partial charge in [0.2, 0.25) is 0 Å². The molecule has 5 heterocycles. The van der Waals surface area contributed by atoms with Gasteiger partial charge in [0, 0.05) is 33.3 Å². The average Bonchev–Trinajstić information content (AvgIpc) is 3.99. The van der Waals surface area contributed by atoms with E-state index in [1.54, 1.807) is 0 Å². The van der Waals surface area contributed by atoms with E-state index in [0.29, 0.717) is 16.8 Å². The molecule has 2 aliphatic heterocycles. The summed E-state index contributed by atoms with van der Waals surface area (Å²) in [5, 5.41) is 0. The highest BCUT2D eigenvalue weighted by Gasteiger charge is 2.29. The molecule has 0 amide bonds. The minimum Gasteiger partial charge on any atom is -0.465 e. The molecule has 2 N–H and O–H groups in total. The smallest absolute Gasteiger partial charge is 0.340 e. The lowest BCUT2D eigenvalue weighted by molar-refractivity contribution is 0.0604. The summed E-state index contributed by atoms with van der Waals surface area (Å²) in [5.41, 5.74) is 14.1. The van der Waals surface area contributed by atoms with Crippen molar-refractivity contribution in [3.63, 3.8) is 0 Å². The van der Waals surface area contributed by atoms with Gasteiger partial charge in [-0.25, -0.2) is 14.8 Å². The van der Waals surface area contributed by atoms with E-state index in [4.69, 9.17) is 14.7 Å². The van der Waals surface area contributed by atoms with Gasteiger partial charge in [-0.2, -0.15) is 0 Å². The number of H-pyrrole nitrogens is 2. The molecule has 2 aliphatic rings. The highest BCUT2D eigenvalue weighted by Crippen LogP contribution is 2.46. The largest absolute Gasteiger partial charge is 0.465 e. The van der Waals surface area contributed by atoms with Crippen LogP contribution in [0.3, 0.4) is 0 Å². The summed E-state index contributed by atoms with van der Waals surface area (Å²) in [6, 6.07) is 51.2. The second-order valence-electron chi connectivity index (χ2n) is 12.7. The fourth-order valence-corrected chi connectivity index (χ4v) is 7.18. The summed E-state index contributed by atoms with van der Waals surface area (Å²) < 4.78 is 5.50. The zero-order chi connectivity index (χ0) is 35.0. The van der Waals surface area contributed by atoms with Crippen molar-refractivity contribution < 1.29 is 9.53 Å². The fraction of sp³-hybridized carbons (Fsp3) is 0.0217. The van der Waals surface area contributed by atoms with Crippen molar-refractivity contribution in [2.45, 2.75) is 0 Å². The Morgan fingerprint density at radius 3 is 1.65 bits per heavy atom. The van der Waals surface area contributed by atoms with Crippen LogP contribution in [-0.4, -0.2) is 33.0 Å². The van der Waals surface area contributed by atoms with Gasteiger partial charge in [-0.3, -0.25) is 0 Å². The monoisotopic (exact) mass is 672 g/mol. The van der Waals surface area contributed by atoms with Crippen molar-refractivity contribution in [2.24, 2.45) is 0 Å². The number of nitrogens with one attached hydrogen (secondary N) is 2. The number of hydrogen-bond donors (Lipinski definition) is 2. The molecule has 0 aliphatic carbocycles. The van der Waals surface area contributed by atoms with E-state index in [1.165, 1.54) is 7.11 Å². The van der Waals surface area contributed by atoms with Crippen molar-refractivity contribution >= 4 is 51.3 Å². The zero-order valence-corrected chi connectivity index (χ0v) is 28.3. The molecule has 0 unspecified atom stereocenters. The van der Waals surface area contributed by atoms with Crippen molar-refractivity contribution in [3.05, 3.63) is 191 Å². The third-order valence-electron chi connectivity index (χ3n) is 9.43. The predicted molar refractivity (Wildman–Crippen MR) is 210 cm³/mol. The molecule has 9 rings (SSSR count). The molecule has 7 aromatic rings. The van der Waals surface area contributed by atoms with E-state index in [2.05, 4.69) is 82.8 Å². The third-order valence-corrected chi connectivity index (χ3v) is 9.43. The minimum atomic E-state index is -0.451. The van der Waals surface area contributed by atoms with Gasteiger partial charge in [0.25, 0.3) is 0 Å². The van der Waals surface area contributed by atoms with Gasteiger partial charge in [-0.05, 0) is 64.7 Å². The summed E-state index contributed by atoms with van der Waals surface area (Å²) >= 11 is 0. The van der Waals surface area contributed by atoms with Gasteiger partial charge in [0.1, 0.15) is 0 Å². The van der Waals surface area contributed by atoms with Crippen LogP contribution in [0.1, 0.15) is 44.3 Å². The van der Waals surface area contributed by atoms with Crippen LogP contribution in [0.5, 0.6) is 0 Å². The number of carbonyl (C=O) groups is 1. The highest BCUT2D eigenvalue weighted by molar-refractivity contribution is 6.15. The number of methoxy groups -OCH3 is 1. The van der Waals surface area contributed by atoms with Crippen LogP contribution in [0.15, 0.2) is 152 Å². The second kappa shape index (κ2) is 13.0. The Kier molecular flexibility index (Phi) is 7.75. The lowest BCUT2D eigenvalue weighted by Crippen LogP contribution is -2.02. The van der Waals surface area contributed by atoms with Gasteiger partial charge in [-0.1, -0.05) is 121 Å². The SMILES string of the molecule is COC(=O)c1c(-c2ccccc2)c2[nH]c1cc1nc(cc3ccc(cc4nc(c2-c2ccccc2)C(c2ccccc2)=C4c2ccccc2)[nH]3)C=C1. The Morgan fingerprint density at radius 1 is 0.538 bits per heavy atom. The molecule has 248 valence electrons. The number of esters is 1. The average molecular weight is 673 g/mol. The number of rotatable bonds is 5. The maximum atomic E-state index is 14.0. The Bertz CT molecular complexity index is 2710. The number of benzene rings is 4. The summed E-state index contributed by atoms with van der Waals surface area (Å²) in [7, 11) is 1.42. The first-order chi connectivity index (χ1) is 25.6. The summed E-state index contributed by atoms with van der Waals surface area (Å²) in [6.45, 7) is 0. The zero-order valence-electron chi connectivity index (χ0n) is 28.3. The van der Waals surface area contributed by atoms with E-state index >= 15 is 0 Å². The minimum absolute atomic E-state index is 0.423. The van der Waals surface area contributed by atoms with Gasteiger partial charge in [-0.15, -0.1) is 0 Å². The van der Waals surface area contributed by atoms with Gasteiger partial charge in [0.15, 0.2) is 0 Å². The van der Waals surface area contributed by atoms with E-state index in [9.17, 15) is 4.79 Å². The first-order valence-corrected chi connectivity index (χ1v) is 17.2. The van der Waals surface area contributed by atoms with Crippen molar-refractivity contribution in [3.8, 4) is 22.3 Å². The molecule has 8 bridgehead atoms. The van der Waals surface area contributed by atoms with E-state index in [-0.39, 0.29) is 0 Å². The van der Waals surface area contributed by atoms with Crippen molar-refractivity contribution in [2.75, 3.05) is 7.11 Å². The topological polar surface area (TPSA) is 83.7 Å². The fourth-order valence-electron chi connectivity index (χ4n) is 7.18. The number of aromatic amines is 2. The quantitative estimate of drug-likeness (QED) is 0.178. The normalized spacial score (nSPS) is 12.2. The van der Waals surface area contributed by atoms with Gasteiger partial charge < -0.3 is 14.7 Å². The Hall–Kier alpha value is -7.05. The van der Waals surface area contributed by atoms with Crippen LogP contribution in [0.2, 0.25) is 0 Å². The first kappa shape index (κ1) is 31.0. The number of fused-ring (bicyclic) bond motifs is 8. The van der Waals surface area contributed by atoms with E-state index in [1.807, 2.05) is 91.0 Å². The molecule has 0 atom stereocenters. The first-order valence-electron chi connectivity index (χ1n) is 17.2. The second-order valence-corrected chi connectivity index (χ2v) is 12.7. The molecule has 0 radical (unpaired) electrons. The maximum absolute atomic E-state index is 14.0. The summed E-state index contributed by atoms with van der Waals surface area (Å²) in [4.78, 5) is 31.7. The van der Waals surface area contributed by atoms with E-state index < -0.39 is 5.97 Å². The molecule has 52 heavy (non-hydrogen) atoms. The van der Waals surface area contributed by atoms with E-state index in [0.717, 1.165) is 78.2 Å². The number of aromatic nitrogens is 4. The maximum Gasteiger partial charge on any atom is 0.340 e. The standard InChI is InChI=1S/C46H32N4O2/c1-52-46(51)43-38-28-36-25-23-34(48-36)26-33-22-24-35(47-33)27-37-39(29-14-6-2-7-15-29)40(30-16-8-3-9-17-30)44(49-37)42(32-20-12-5-13-21-32)45(50-38)41(43)31-18-10-4-11-19-31/h2-28,47,50H,1H3. The van der Waals surface area contributed by atoms with Crippen LogP contribution in [0, 0.1) is 0 Å². The Balaban J connectivity index is 1.57. The molecule has 4 aromatic carbocycles. The Labute approximate surface area is 300 Å². The van der Waals surface area contributed by atoms with Gasteiger partial charge in [0.05, 0.1) is 46.5 Å². The van der Waals surface area contributed by atoms with Crippen molar-refractivity contribution in [1.29, 1.82) is 0 Å². The molecule has 6 heteroatoms. The lowest BCUT2D eigenvalue weighted by atomic mass is 9.88. The summed E-state index contributed by atoms with van der Waals surface area (Å²) in [6.07, 6.45) is 3.93. The Morgan fingerprint density at radius 2 is 1.06 bits per heavy atom. The molecule has 0 saturated carbocycles. The molecule has 6 nitrogen and oxygen atoms in total. The van der Waals surface area contributed by atoms with Crippen LogP contribution in [0.4, 0.5) is 0 Å². The highest BCUT2D eigenvalue weighted by atomic mass is 16.5. The molecule has 0 fully saturated rings. The number of nitrogens with zero attached hydrogens (tertiary/aromatic N) is 2. The number of hydrogen-bond acceptors (Lipinski definition) is 4. The molecule has 0 saturated heterocycles. The molecular formula is C46H32N4O2. The predicted octanol–water partition coefficient (Wildman–Crippen LogP) is 10.6. The molecule has 0 spiro atoms. The van der Waals surface area contributed by atoms with Gasteiger partial charge >= 0.3 is 5.97 Å². The van der Waals surface area contributed by atoms with Crippen molar-refractivity contribution in [1.82, 2.24) is 19.9 Å². The third kappa shape index (κ3) is 5.53. The van der Waals surface area contributed by atoms with Crippen LogP contribution >= 0.6 is 0 Å². The lowest BCUT2D eigenvalue weighted by Gasteiger charge is -2.13. The van der Waals surface area contributed by atoms with Crippen LogP contribution < -0.4 is 0 Å². The number of ether oxygens (including phenoxy) is 1. The number of carbonyl (C=O) groups excluding carboxylic acids is 1. The summed E-state index contributed by atoms with van der Waals surface area (Å²) in [5.74, 6) is -0.451. The van der Waals surface area contributed by atoms with Crippen LogP contribution in [0.25, 0.3) is 67.6 Å². The molecular weight excluding hydrogens is 641 g/mol. The van der Waals surface area contributed by atoms with Crippen LogP contribution in [-0.2, 0) is 4.74 Å².